The smallest absolute Gasteiger partial charge is 0.191 e. The highest BCUT2D eigenvalue weighted by Crippen LogP contribution is 2.21. The van der Waals surface area contributed by atoms with Crippen molar-refractivity contribution in [1.29, 1.82) is 0 Å². The van der Waals surface area contributed by atoms with Crippen LogP contribution >= 0.6 is 46.9 Å². The SMILES string of the molecule is CN=C(NCc1nc(-c2ccccc2)cs1)NCc1ccccc1Cl.I. The molecule has 0 aliphatic rings. The number of thiazole rings is 1. The van der Waals surface area contributed by atoms with Crippen LogP contribution in [0, 0.1) is 0 Å². The molecule has 7 heteroatoms. The predicted molar refractivity (Wildman–Crippen MR) is 121 cm³/mol. The zero-order valence-electron chi connectivity index (χ0n) is 14.3. The summed E-state index contributed by atoms with van der Waals surface area (Å²) in [6.45, 7) is 1.24. The molecule has 1 aromatic heterocycles. The molecule has 3 rings (SSSR count). The van der Waals surface area contributed by atoms with Gasteiger partial charge in [0.05, 0.1) is 12.2 Å². The summed E-state index contributed by atoms with van der Waals surface area (Å²) in [6, 6.07) is 18.0. The van der Waals surface area contributed by atoms with Gasteiger partial charge in [0.25, 0.3) is 0 Å². The van der Waals surface area contributed by atoms with Crippen LogP contribution in [0.1, 0.15) is 10.6 Å². The zero-order chi connectivity index (χ0) is 17.5. The molecule has 0 unspecified atom stereocenters. The van der Waals surface area contributed by atoms with E-state index in [0.29, 0.717) is 13.1 Å². The third-order valence-corrected chi connectivity index (χ3v) is 4.87. The number of aliphatic imine (C=N–C) groups is 1. The van der Waals surface area contributed by atoms with Gasteiger partial charge in [0.1, 0.15) is 5.01 Å². The Balaban J connectivity index is 0.00000243. The van der Waals surface area contributed by atoms with Gasteiger partial charge in [-0.1, -0.05) is 60.1 Å². The second-order valence-corrected chi connectivity index (χ2v) is 6.71. The molecule has 0 aliphatic heterocycles. The zero-order valence-corrected chi connectivity index (χ0v) is 18.2. The molecule has 0 bridgehead atoms. The first-order valence-electron chi connectivity index (χ1n) is 7.94. The summed E-state index contributed by atoms with van der Waals surface area (Å²) in [5.74, 6) is 0.719. The lowest BCUT2D eigenvalue weighted by Crippen LogP contribution is -2.36. The lowest BCUT2D eigenvalue weighted by molar-refractivity contribution is 0.805. The van der Waals surface area contributed by atoms with Gasteiger partial charge >= 0.3 is 0 Å². The van der Waals surface area contributed by atoms with Crippen LogP contribution in [0.25, 0.3) is 11.3 Å². The van der Waals surface area contributed by atoms with Crippen LogP contribution < -0.4 is 10.6 Å². The van der Waals surface area contributed by atoms with Crippen LogP contribution in [-0.2, 0) is 13.1 Å². The maximum absolute atomic E-state index is 6.18. The molecule has 1 heterocycles. The third kappa shape index (κ3) is 5.69. The second kappa shape index (κ2) is 10.5. The Morgan fingerprint density at radius 3 is 2.46 bits per heavy atom. The van der Waals surface area contributed by atoms with Crippen LogP contribution in [0.2, 0.25) is 5.02 Å². The molecule has 2 N–H and O–H groups in total. The van der Waals surface area contributed by atoms with Gasteiger partial charge in [-0.15, -0.1) is 35.3 Å². The summed E-state index contributed by atoms with van der Waals surface area (Å²) < 4.78 is 0. The number of halogens is 2. The number of nitrogens with one attached hydrogen (secondary N) is 2. The highest BCUT2D eigenvalue weighted by atomic mass is 127. The van der Waals surface area contributed by atoms with Crippen LogP contribution in [0.4, 0.5) is 0 Å². The van der Waals surface area contributed by atoms with Crippen molar-refractivity contribution in [2.45, 2.75) is 13.1 Å². The molecule has 26 heavy (non-hydrogen) atoms. The second-order valence-electron chi connectivity index (χ2n) is 5.36. The van der Waals surface area contributed by atoms with E-state index in [1.165, 1.54) is 0 Å². The van der Waals surface area contributed by atoms with Gasteiger partial charge in [0.2, 0.25) is 0 Å². The number of guanidine groups is 1. The van der Waals surface area contributed by atoms with E-state index in [2.05, 4.69) is 38.1 Å². The fourth-order valence-electron chi connectivity index (χ4n) is 2.33. The van der Waals surface area contributed by atoms with E-state index < -0.39 is 0 Å². The number of nitrogens with zero attached hydrogens (tertiary/aromatic N) is 2. The van der Waals surface area contributed by atoms with Crippen LogP contribution in [-0.4, -0.2) is 18.0 Å². The number of rotatable bonds is 5. The molecule has 0 aliphatic carbocycles. The molecule has 0 atom stereocenters. The minimum absolute atomic E-state index is 0. The average Bonchev–Trinajstić information content (AvgIpc) is 3.13. The summed E-state index contributed by atoms with van der Waals surface area (Å²) in [5.41, 5.74) is 3.17. The van der Waals surface area contributed by atoms with Crippen molar-refractivity contribution in [1.82, 2.24) is 15.6 Å². The molecule has 0 saturated carbocycles. The Labute approximate surface area is 179 Å². The molecule has 0 amide bonds. The fourth-order valence-corrected chi connectivity index (χ4v) is 3.28. The molecule has 2 aromatic carbocycles. The molecular weight excluding hydrogens is 479 g/mol. The van der Waals surface area contributed by atoms with E-state index in [1.807, 2.05) is 42.5 Å². The lowest BCUT2D eigenvalue weighted by atomic mass is 10.2. The molecule has 0 radical (unpaired) electrons. The largest absolute Gasteiger partial charge is 0.352 e. The van der Waals surface area contributed by atoms with Crippen LogP contribution in [0.5, 0.6) is 0 Å². The van der Waals surface area contributed by atoms with Crippen molar-refractivity contribution in [2.75, 3.05) is 7.05 Å². The first-order chi connectivity index (χ1) is 12.3. The van der Waals surface area contributed by atoms with Gasteiger partial charge in [-0.05, 0) is 11.6 Å². The Hall–Kier alpha value is -1.64. The molecule has 3 aromatic rings. The molecule has 0 saturated heterocycles. The van der Waals surface area contributed by atoms with E-state index >= 15 is 0 Å². The fraction of sp³-hybridized carbons (Fsp3) is 0.158. The maximum atomic E-state index is 6.18. The predicted octanol–water partition coefficient (Wildman–Crippen LogP) is 4.95. The quantitative estimate of drug-likeness (QED) is 0.297. The summed E-state index contributed by atoms with van der Waals surface area (Å²) in [6.07, 6.45) is 0. The molecule has 0 spiro atoms. The van der Waals surface area contributed by atoms with Gasteiger partial charge in [0.15, 0.2) is 5.96 Å². The Morgan fingerprint density at radius 1 is 1.04 bits per heavy atom. The van der Waals surface area contributed by atoms with E-state index in [-0.39, 0.29) is 24.0 Å². The van der Waals surface area contributed by atoms with E-state index in [0.717, 1.165) is 32.8 Å². The van der Waals surface area contributed by atoms with Gasteiger partial charge in [-0.25, -0.2) is 4.98 Å². The number of aromatic nitrogens is 1. The molecule has 0 fully saturated rings. The minimum atomic E-state index is 0. The van der Waals surface area contributed by atoms with Gasteiger partial charge in [0, 0.05) is 29.6 Å². The Kier molecular flexibility index (Phi) is 8.34. The summed E-state index contributed by atoms with van der Waals surface area (Å²) in [7, 11) is 1.75. The van der Waals surface area contributed by atoms with Crippen LogP contribution in [0.15, 0.2) is 65.0 Å². The van der Waals surface area contributed by atoms with Gasteiger partial charge in [-0.3, -0.25) is 4.99 Å². The van der Waals surface area contributed by atoms with E-state index in [1.54, 1.807) is 18.4 Å². The number of hydrogen-bond donors (Lipinski definition) is 2. The highest BCUT2D eigenvalue weighted by Gasteiger charge is 2.06. The average molecular weight is 499 g/mol. The molecule has 4 nitrogen and oxygen atoms in total. The van der Waals surface area contributed by atoms with Crippen LogP contribution in [0.3, 0.4) is 0 Å². The molecular formula is C19H20ClIN4S. The Morgan fingerprint density at radius 2 is 1.73 bits per heavy atom. The van der Waals surface area contributed by atoms with Crippen molar-refractivity contribution in [3.63, 3.8) is 0 Å². The highest BCUT2D eigenvalue weighted by molar-refractivity contribution is 14.0. The number of benzene rings is 2. The third-order valence-electron chi connectivity index (χ3n) is 3.66. The minimum Gasteiger partial charge on any atom is -0.352 e. The first-order valence-corrected chi connectivity index (χ1v) is 9.20. The van der Waals surface area contributed by atoms with Crippen molar-refractivity contribution in [2.24, 2.45) is 4.99 Å². The van der Waals surface area contributed by atoms with Gasteiger partial charge < -0.3 is 10.6 Å². The normalized spacial score (nSPS) is 10.9. The first kappa shape index (κ1) is 20.7. The van der Waals surface area contributed by atoms with Crippen molar-refractivity contribution in [3.8, 4) is 11.3 Å². The van der Waals surface area contributed by atoms with E-state index in [9.17, 15) is 0 Å². The standard InChI is InChI=1S/C19H19ClN4S.HI/c1-21-19(22-11-15-9-5-6-10-16(15)20)23-12-18-24-17(13-25-18)14-7-3-2-4-8-14;/h2-10,13H,11-12H2,1H3,(H2,21,22,23);1H. The molecule has 136 valence electrons. The lowest BCUT2D eigenvalue weighted by Gasteiger charge is -2.11. The number of hydrogen-bond acceptors (Lipinski definition) is 3. The monoisotopic (exact) mass is 498 g/mol. The Bertz CT molecular complexity index is 852. The van der Waals surface area contributed by atoms with Crippen molar-refractivity contribution >= 4 is 52.9 Å². The summed E-state index contributed by atoms with van der Waals surface area (Å²) >= 11 is 7.81. The van der Waals surface area contributed by atoms with Crippen molar-refractivity contribution < 1.29 is 0 Å². The van der Waals surface area contributed by atoms with Gasteiger partial charge in [-0.2, -0.15) is 0 Å². The van der Waals surface area contributed by atoms with E-state index in [4.69, 9.17) is 11.6 Å². The summed E-state index contributed by atoms with van der Waals surface area (Å²) in [4.78, 5) is 8.91. The maximum Gasteiger partial charge on any atom is 0.191 e. The topological polar surface area (TPSA) is 49.3 Å². The van der Waals surface area contributed by atoms with Crippen molar-refractivity contribution in [3.05, 3.63) is 75.6 Å². The summed E-state index contributed by atoms with van der Waals surface area (Å²) in [5, 5.41) is 10.4.